The summed E-state index contributed by atoms with van der Waals surface area (Å²) in [5, 5.41) is 3.55. The molecule has 3 aromatic rings. The molecule has 0 saturated heterocycles. The molecule has 1 aliphatic heterocycles. The quantitative estimate of drug-likeness (QED) is 0.745. The number of benzene rings is 2. The number of aryl methyl sites for hydroxylation is 2. The van der Waals surface area contributed by atoms with Crippen LogP contribution in [0.1, 0.15) is 40.3 Å². The van der Waals surface area contributed by atoms with E-state index in [1.807, 2.05) is 55.5 Å². The lowest BCUT2D eigenvalue weighted by Crippen LogP contribution is -2.32. The molecule has 1 N–H and O–H groups in total. The highest BCUT2D eigenvalue weighted by molar-refractivity contribution is 6.11. The van der Waals surface area contributed by atoms with Crippen LogP contribution in [-0.2, 0) is 6.42 Å². The molecule has 0 saturated carbocycles. The summed E-state index contributed by atoms with van der Waals surface area (Å²) in [7, 11) is 0. The Kier molecular flexibility index (Phi) is 4.17. The Balaban J connectivity index is 1.79. The van der Waals surface area contributed by atoms with Gasteiger partial charge in [-0.05, 0) is 49.2 Å². The van der Waals surface area contributed by atoms with Gasteiger partial charge >= 0.3 is 0 Å². The fourth-order valence-electron chi connectivity index (χ4n) is 3.41. The Bertz CT molecular complexity index is 950. The fraction of sp³-hybridized carbons (Fsp3) is 0.182. The van der Waals surface area contributed by atoms with Crippen molar-refractivity contribution in [2.24, 2.45) is 0 Å². The minimum atomic E-state index is -0.325. The maximum atomic E-state index is 13.1. The van der Waals surface area contributed by atoms with Crippen LogP contribution in [0.2, 0.25) is 0 Å². The highest BCUT2D eigenvalue weighted by atomic mass is 16.2. The zero-order valence-corrected chi connectivity index (χ0v) is 14.9. The van der Waals surface area contributed by atoms with Crippen molar-refractivity contribution in [1.82, 2.24) is 4.98 Å². The van der Waals surface area contributed by atoms with Gasteiger partial charge < -0.3 is 5.32 Å². The first kappa shape index (κ1) is 16.3. The zero-order valence-electron chi connectivity index (χ0n) is 14.9. The van der Waals surface area contributed by atoms with Crippen LogP contribution in [0.25, 0.3) is 0 Å². The third-order valence-corrected chi connectivity index (χ3v) is 4.81. The summed E-state index contributed by atoms with van der Waals surface area (Å²) in [6, 6.07) is 19.9. The lowest BCUT2D eigenvalue weighted by Gasteiger charge is -2.27. The summed E-state index contributed by atoms with van der Waals surface area (Å²) in [6.07, 6.45) is 2.34. The summed E-state index contributed by atoms with van der Waals surface area (Å²) >= 11 is 0. The number of nitrogens with one attached hydrogen (secondary N) is 1. The minimum absolute atomic E-state index is 0.0246. The van der Waals surface area contributed by atoms with Gasteiger partial charge in [-0.25, -0.2) is 0 Å². The summed E-state index contributed by atoms with van der Waals surface area (Å²) in [6.45, 7) is 4.17. The van der Waals surface area contributed by atoms with Crippen LogP contribution in [-0.4, -0.2) is 10.9 Å². The van der Waals surface area contributed by atoms with Gasteiger partial charge in [0, 0.05) is 17.6 Å². The van der Waals surface area contributed by atoms with Crippen LogP contribution < -0.4 is 10.2 Å². The molecule has 0 aliphatic carbocycles. The third-order valence-electron chi connectivity index (χ3n) is 4.81. The van der Waals surface area contributed by atoms with Crippen LogP contribution in [0.4, 0.5) is 11.4 Å². The lowest BCUT2D eigenvalue weighted by molar-refractivity contribution is 0.0993. The second kappa shape index (κ2) is 6.64. The maximum Gasteiger partial charge on any atom is 0.262 e. The van der Waals surface area contributed by atoms with Crippen molar-refractivity contribution in [3.8, 4) is 0 Å². The highest BCUT2D eigenvalue weighted by Gasteiger charge is 2.39. The first-order valence-electron chi connectivity index (χ1n) is 8.88. The molecule has 2 heterocycles. The van der Waals surface area contributed by atoms with Gasteiger partial charge in [0.05, 0.1) is 11.3 Å². The van der Waals surface area contributed by atoms with Crippen molar-refractivity contribution in [3.63, 3.8) is 0 Å². The van der Waals surface area contributed by atoms with E-state index in [0.29, 0.717) is 5.56 Å². The van der Waals surface area contributed by atoms with E-state index in [1.54, 1.807) is 11.1 Å². The standard InChI is InChI=1S/C22H21N3O/c1-3-16-7-4-5-9-19(16)24-21-20-18(8-6-14-23-20)22(26)25(21)17-12-10-15(2)11-13-17/h4-14,21,24H,3H2,1-2H3/t21-/m1/s1. The topological polar surface area (TPSA) is 45.2 Å². The number of carbonyl (C=O) groups is 1. The van der Waals surface area contributed by atoms with E-state index >= 15 is 0 Å². The number of rotatable bonds is 4. The lowest BCUT2D eigenvalue weighted by atomic mass is 10.1. The van der Waals surface area contributed by atoms with Crippen molar-refractivity contribution in [1.29, 1.82) is 0 Å². The number of aromatic nitrogens is 1. The van der Waals surface area contributed by atoms with Crippen LogP contribution >= 0.6 is 0 Å². The molecule has 1 aromatic heterocycles. The largest absolute Gasteiger partial charge is 0.360 e. The van der Waals surface area contributed by atoms with Gasteiger partial charge in [0.2, 0.25) is 0 Å². The van der Waals surface area contributed by atoms with E-state index in [0.717, 1.165) is 29.1 Å². The van der Waals surface area contributed by atoms with Gasteiger partial charge in [0.15, 0.2) is 6.17 Å². The zero-order chi connectivity index (χ0) is 18.1. The molecule has 0 fully saturated rings. The summed E-state index contributed by atoms with van der Waals surface area (Å²) in [4.78, 5) is 19.4. The Hall–Kier alpha value is -3.14. The Morgan fingerprint density at radius 3 is 2.58 bits per heavy atom. The summed E-state index contributed by atoms with van der Waals surface area (Å²) in [5.41, 5.74) is 5.70. The van der Waals surface area contributed by atoms with E-state index in [4.69, 9.17) is 0 Å². The molecule has 0 spiro atoms. The van der Waals surface area contributed by atoms with Gasteiger partial charge in [-0.1, -0.05) is 42.8 Å². The first-order valence-corrected chi connectivity index (χ1v) is 8.88. The van der Waals surface area contributed by atoms with Gasteiger partial charge in [-0.3, -0.25) is 14.7 Å². The average Bonchev–Trinajstić information content (AvgIpc) is 2.95. The van der Waals surface area contributed by atoms with Gasteiger partial charge in [-0.15, -0.1) is 0 Å². The molecular weight excluding hydrogens is 322 g/mol. The molecule has 0 bridgehead atoms. The average molecular weight is 343 g/mol. The molecule has 4 heteroatoms. The molecule has 4 nitrogen and oxygen atoms in total. The molecule has 1 amide bonds. The van der Waals surface area contributed by atoms with Crippen LogP contribution in [0.15, 0.2) is 66.9 Å². The Labute approximate surface area is 153 Å². The summed E-state index contributed by atoms with van der Waals surface area (Å²) < 4.78 is 0. The van der Waals surface area contributed by atoms with E-state index in [-0.39, 0.29) is 12.1 Å². The number of carbonyl (C=O) groups excluding carboxylic acids is 1. The van der Waals surface area contributed by atoms with Crippen molar-refractivity contribution in [3.05, 3.63) is 89.2 Å². The third kappa shape index (κ3) is 2.73. The number of anilines is 2. The molecule has 130 valence electrons. The highest BCUT2D eigenvalue weighted by Crippen LogP contribution is 2.37. The molecule has 0 unspecified atom stereocenters. The molecule has 4 rings (SSSR count). The molecule has 1 aliphatic rings. The smallest absolute Gasteiger partial charge is 0.262 e. The SMILES string of the molecule is CCc1ccccc1N[C@H]1c2ncccc2C(=O)N1c1ccc(C)cc1. The predicted octanol–water partition coefficient (Wildman–Crippen LogP) is 4.72. The Morgan fingerprint density at radius 2 is 1.81 bits per heavy atom. The van der Waals surface area contributed by atoms with E-state index < -0.39 is 0 Å². The fourth-order valence-corrected chi connectivity index (χ4v) is 3.41. The van der Waals surface area contributed by atoms with Crippen LogP contribution in [0.5, 0.6) is 0 Å². The second-order valence-corrected chi connectivity index (χ2v) is 6.50. The number of fused-ring (bicyclic) bond motifs is 1. The monoisotopic (exact) mass is 343 g/mol. The van der Waals surface area contributed by atoms with E-state index in [1.165, 1.54) is 5.56 Å². The molecule has 26 heavy (non-hydrogen) atoms. The predicted molar refractivity (Wildman–Crippen MR) is 104 cm³/mol. The van der Waals surface area contributed by atoms with Crippen LogP contribution in [0.3, 0.4) is 0 Å². The molecule has 2 aromatic carbocycles. The number of para-hydroxylation sites is 1. The van der Waals surface area contributed by atoms with Gasteiger partial charge in [0.1, 0.15) is 0 Å². The summed E-state index contributed by atoms with van der Waals surface area (Å²) in [5.74, 6) is -0.0246. The van der Waals surface area contributed by atoms with Crippen molar-refractivity contribution < 1.29 is 4.79 Å². The first-order chi connectivity index (χ1) is 12.7. The Morgan fingerprint density at radius 1 is 1.04 bits per heavy atom. The van der Waals surface area contributed by atoms with Crippen molar-refractivity contribution in [2.45, 2.75) is 26.4 Å². The van der Waals surface area contributed by atoms with E-state index in [2.05, 4.69) is 29.4 Å². The van der Waals surface area contributed by atoms with Crippen molar-refractivity contribution in [2.75, 3.05) is 10.2 Å². The number of nitrogens with zero attached hydrogens (tertiary/aromatic N) is 2. The minimum Gasteiger partial charge on any atom is -0.360 e. The van der Waals surface area contributed by atoms with Gasteiger partial charge in [0.25, 0.3) is 5.91 Å². The molecular formula is C22H21N3O. The number of hydrogen-bond acceptors (Lipinski definition) is 3. The number of pyridine rings is 1. The molecule has 0 radical (unpaired) electrons. The van der Waals surface area contributed by atoms with Crippen LogP contribution in [0, 0.1) is 6.92 Å². The molecule has 1 atom stereocenters. The second-order valence-electron chi connectivity index (χ2n) is 6.50. The number of hydrogen-bond donors (Lipinski definition) is 1. The normalized spacial score (nSPS) is 15.8. The number of amides is 1. The van der Waals surface area contributed by atoms with Gasteiger partial charge in [-0.2, -0.15) is 0 Å². The maximum absolute atomic E-state index is 13.1. The van der Waals surface area contributed by atoms with E-state index in [9.17, 15) is 4.79 Å². The van der Waals surface area contributed by atoms with Crippen molar-refractivity contribution >= 4 is 17.3 Å².